The Bertz CT molecular complexity index is 492. The lowest BCUT2D eigenvalue weighted by atomic mass is 10.1. The molecule has 0 aromatic carbocycles. The Morgan fingerprint density at radius 2 is 2.37 bits per heavy atom. The van der Waals surface area contributed by atoms with Crippen LogP contribution in [0.2, 0.25) is 0 Å². The summed E-state index contributed by atoms with van der Waals surface area (Å²) in [4.78, 5) is 7.81. The molecule has 0 saturated carbocycles. The van der Waals surface area contributed by atoms with Gasteiger partial charge >= 0.3 is 0 Å². The Balaban J connectivity index is 1.98. The molecule has 0 aliphatic carbocycles. The molecule has 1 fully saturated rings. The normalized spacial score (nSPS) is 21.2. The summed E-state index contributed by atoms with van der Waals surface area (Å²) < 4.78 is 31.3. The van der Waals surface area contributed by atoms with Gasteiger partial charge in [0.1, 0.15) is 12.4 Å². The van der Waals surface area contributed by atoms with Gasteiger partial charge in [-0.15, -0.1) is 0 Å². The van der Waals surface area contributed by atoms with Crippen molar-refractivity contribution in [2.24, 2.45) is 0 Å². The van der Waals surface area contributed by atoms with E-state index in [1.807, 2.05) is 6.92 Å². The van der Waals surface area contributed by atoms with Crippen LogP contribution in [0.3, 0.4) is 0 Å². The molecule has 1 aliphatic heterocycles. The van der Waals surface area contributed by atoms with E-state index in [1.54, 1.807) is 12.3 Å². The van der Waals surface area contributed by atoms with Crippen LogP contribution in [0.1, 0.15) is 26.2 Å². The second-order valence-corrected chi connectivity index (χ2v) is 6.69. The summed E-state index contributed by atoms with van der Waals surface area (Å²) in [5, 5.41) is 0. The van der Waals surface area contributed by atoms with Crippen molar-refractivity contribution in [3.05, 3.63) is 18.6 Å². The first-order chi connectivity index (χ1) is 9.12. The molecule has 0 radical (unpaired) electrons. The lowest BCUT2D eigenvalue weighted by Gasteiger charge is -2.31. The van der Waals surface area contributed by atoms with Crippen LogP contribution in [0.15, 0.2) is 18.6 Å². The molecule has 6 nitrogen and oxygen atoms in total. The molecule has 0 amide bonds. The summed E-state index contributed by atoms with van der Waals surface area (Å²) in [7, 11) is -3.14. The molecule has 1 aromatic rings. The van der Waals surface area contributed by atoms with Gasteiger partial charge in [0.25, 0.3) is 0 Å². The van der Waals surface area contributed by atoms with Crippen LogP contribution in [0, 0.1) is 0 Å². The van der Waals surface area contributed by atoms with Gasteiger partial charge in [-0.25, -0.2) is 18.4 Å². The molecule has 1 unspecified atom stereocenters. The molecule has 106 valence electrons. The molecule has 1 saturated heterocycles. The van der Waals surface area contributed by atoms with Gasteiger partial charge in [-0.2, -0.15) is 4.31 Å². The number of rotatable bonds is 5. The van der Waals surface area contributed by atoms with Crippen LogP contribution in [0.4, 0.5) is 0 Å². The van der Waals surface area contributed by atoms with E-state index < -0.39 is 10.0 Å². The van der Waals surface area contributed by atoms with E-state index in [9.17, 15) is 8.42 Å². The zero-order valence-corrected chi connectivity index (χ0v) is 11.8. The molecule has 0 spiro atoms. The second kappa shape index (κ2) is 6.29. The fourth-order valence-corrected chi connectivity index (χ4v) is 3.73. The number of piperidine rings is 1. The average molecular weight is 285 g/mol. The minimum absolute atomic E-state index is 0.129. The van der Waals surface area contributed by atoms with Crippen LogP contribution in [-0.2, 0) is 10.0 Å². The van der Waals surface area contributed by atoms with Crippen molar-refractivity contribution in [2.45, 2.75) is 32.3 Å². The molecule has 2 rings (SSSR count). The molecule has 1 atom stereocenters. The Hall–Kier alpha value is -1.21. The van der Waals surface area contributed by atoms with Crippen molar-refractivity contribution in [3.63, 3.8) is 0 Å². The Kier molecular flexibility index (Phi) is 4.71. The molecule has 7 heteroatoms. The number of ether oxygens (including phenoxy) is 1. The highest BCUT2D eigenvalue weighted by Crippen LogP contribution is 2.18. The maximum Gasteiger partial charge on any atom is 0.216 e. The zero-order chi connectivity index (χ0) is 13.7. The van der Waals surface area contributed by atoms with E-state index in [2.05, 4.69) is 9.97 Å². The van der Waals surface area contributed by atoms with Gasteiger partial charge in [0, 0.05) is 18.8 Å². The van der Waals surface area contributed by atoms with Gasteiger partial charge < -0.3 is 4.74 Å². The standard InChI is InChI=1S/C12H19N3O3S/c1-2-8-19(16,17)15-7-3-4-11(9-15)18-12-5-6-13-10-14-12/h5-6,10-11H,2-4,7-9H2,1H3. The van der Waals surface area contributed by atoms with Gasteiger partial charge in [0.15, 0.2) is 0 Å². The fraction of sp³-hybridized carbons (Fsp3) is 0.667. The lowest BCUT2D eigenvalue weighted by Crippen LogP contribution is -2.45. The lowest BCUT2D eigenvalue weighted by molar-refractivity contribution is 0.124. The molecule has 2 heterocycles. The number of hydrogen-bond acceptors (Lipinski definition) is 5. The van der Waals surface area contributed by atoms with Crippen LogP contribution in [-0.4, -0.2) is 47.6 Å². The molecule has 0 bridgehead atoms. The summed E-state index contributed by atoms with van der Waals surface area (Å²) in [6, 6.07) is 1.68. The monoisotopic (exact) mass is 285 g/mol. The second-order valence-electron chi connectivity index (χ2n) is 4.60. The van der Waals surface area contributed by atoms with Crippen molar-refractivity contribution >= 4 is 10.0 Å². The van der Waals surface area contributed by atoms with E-state index in [-0.39, 0.29) is 11.9 Å². The molecule has 1 aliphatic rings. The van der Waals surface area contributed by atoms with Gasteiger partial charge in [-0.05, 0) is 19.3 Å². The van der Waals surface area contributed by atoms with Crippen molar-refractivity contribution in [1.82, 2.24) is 14.3 Å². The molecular weight excluding hydrogens is 266 g/mol. The van der Waals surface area contributed by atoms with E-state index in [1.165, 1.54) is 10.6 Å². The van der Waals surface area contributed by atoms with E-state index in [0.717, 1.165) is 12.8 Å². The highest BCUT2D eigenvalue weighted by atomic mass is 32.2. The Morgan fingerprint density at radius 1 is 1.53 bits per heavy atom. The molecule has 0 N–H and O–H groups in total. The summed E-state index contributed by atoms with van der Waals surface area (Å²) in [6.45, 7) is 2.87. The van der Waals surface area contributed by atoms with Crippen molar-refractivity contribution in [1.29, 1.82) is 0 Å². The number of hydrogen-bond donors (Lipinski definition) is 0. The van der Waals surface area contributed by atoms with Crippen LogP contribution in [0.5, 0.6) is 5.88 Å². The largest absolute Gasteiger partial charge is 0.473 e. The quantitative estimate of drug-likeness (QED) is 0.809. The van der Waals surface area contributed by atoms with Crippen molar-refractivity contribution in [2.75, 3.05) is 18.8 Å². The van der Waals surface area contributed by atoms with Crippen LogP contribution >= 0.6 is 0 Å². The first-order valence-electron chi connectivity index (χ1n) is 6.52. The smallest absolute Gasteiger partial charge is 0.216 e. The Labute approximate surface area is 113 Å². The topological polar surface area (TPSA) is 72.4 Å². The predicted molar refractivity (Wildman–Crippen MR) is 71.3 cm³/mol. The maximum absolute atomic E-state index is 12.0. The van der Waals surface area contributed by atoms with Gasteiger partial charge in [-0.1, -0.05) is 6.92 Å². The summed E-state index contributed by atoms with van der Waals surface area (Å²) >= 11 is 0. The third-order valence-corrected chi connectivity index (χ3v) is 5.08. The zero-order valence-electron chi connectivity index (χ0n) is 11.0. The first kappa shape index (κ1) is 14.2. The van der Waals surface area contributed by atoms with E-state index in [4.69, 9.17) is 4.74 Å². The summed E-state index contributed by atoms with van der Waals surface area (Å²) in [5.41, 5.74) is 0. The van der Waals surface area contributed by atoms with Crippen LogP contribution < -0.4 is 4.74 Å². The summed E-state index contributed by atoms with van der Waals surface area (Å²) in [6.07, 6.45) is 5.20. The number of sulfonamides is 1. The molecule has 1 aromatic heterocycles. The van der Waals surface area contributed by atoms with Gasteiger partial charge in [0.05, 0.1) is 12.3 Å². The minimum atomic E-state index is -3.14. The highest BCUT2D eigenvalue weighted by molar-refractivity contribution is 7.89. The van der Waals surface area contributed by atoms with Crippen molar-refractivity contribution < 1.29 is 13.2 Å². The van der Waals surface area contributed by atoms with Gasteiger partial charge in [0.2, 0.25) is 15.9 Å². The minimum Gasteiger partial charge on any atom is -0.473 e. The molecule has 19 heavy (non-hydrogen) atoms. The van der Waals surface area contributed by atoms with Crippen molar-refractivity contribution in [3.8, 4) is 5.88 Å². The van der Waals surface area contributed by atoms with E-state index >= 15 is 0 Å². The number of nitrogens with zero attached hydrogens (tertiary/aromatic N) is 3. The first-order valence-corrected chi connectivity index (χ1v) is 8.13. The third kappa shape index (κ3) is 3.87. The highest BCUT2D eigenvalue weighted by Gasteiger charge is 2.29. The third-order valence-electron chi connectivity index (χ3n) is 3.04. The van der Waals surface area contributed by atoms with Crippen LogP contribution in [0.25, 0.3) is 0 Å². The fourth-order valence-electron chi connectivity index (χ4n) is 2.16. The van der Waals surface area contributed by atoms with Gasteiger partial charge in [-0.3, -0.25) is 0 Å². The Morgan fingerprint density at radius 3 is 3.05 bits per heavy atom. The number of aromatic nitrogens is 2. The average Bonchev–Trinajstić information content (AvgIpc) is 2.40. The maximum atomic E-state index is 12.0. The SMILES string of the molecule is CCCS(=O)(=O)N1CCCC(Oc2ccncn2)C1. The van der Waals surface area contributed by atoms with E-state index in [0.29, 0.717) is 25.4 Å². The molecular formula is C12H19N3O3S. The summed E-state index contributed by atoms with van der Waals surface area (Å²) in [5.74, 6) is 0.697. The predicted octanol–water partition coefficient (Wildman–Crippen LogP) is 1.06.